The first-order valence-corrected chi connectivity index (χ1v) is 6.39. The summed E-state index contributed by atoms with van der Waals surface area (Å²) in [7, 11) is 0. The van der Waals surface area contributed by atoms with Crippen molar-refractivity contribution in [3.05, 3.63) is 0 Å². The number of hydrogen-bond acceptors (Lipinski definition) is 1. The van der Waals surface area contributed by atoms with Gasteiger partial charge in [-0.2, -0.15) is 0 Å². The molecule has 1 rings (SSSR count). The van der Waals surface area contributed by atoms with E-state index >= 15 is 0 Å². The molecule has 88 valence electrons. The number of hydrogen-bond donors (Lipinski definition) is 0. The molecule has 1 nitrogen and oxygen atoms in total. The molecule has 0 radical (unpaired) electrons. The fourth-order valence-corrected chi connectivity index (χ4v) is 2.31. The zero-order valence-corrected chi connectivity index (χ0v) is 11.1. The monoisotopic (exact) mass is 209 g/mol. The topological polar surface area (TPSA) is 3.24 Å². The fraction of sp³-hybridized carbons (Fsp3) is 0.857. The summed E-state index contributed by atoms with van der Waals surface area (Å²) in [6.45, 7) is 12.1. The van der Waals surface area contributed by atoms with Crippen LogP contribution in [0.25, 0.3) is 0 Å². The molecule has 0 aromatic rings. The van der Waals surface area contributed by atoms with Crippen LogP contribution in [0, 0.1) is 18.3 Å². The van der Waals surface area contributed by atoms with Crippen molar-refractivity contribution in [2.24, 2.45) is 5.92 Å². The van der Waals surface area contributed by atoms with Gasteiger partial charge in [0.15, 0.2) is 0 Å². The molecular weight excluding hydrogens is 182 g/mol. The molecule has 0 bridgehead atoms. The van der Waals surface area contributed by atoms with Crippen LogP contribution in [0.1, 0.15) is 53.9 Å². The van der Waals surface area contributed by atoms with E-state index in [1.54, 1.807) is 0 Å². The highest BCUT2D eigenvalue weighted by molar-refractivity contribution is 4.95. The van der Waals surface area contributed by atoms with Crippen molar-refractivity contribution in [1.82, 2.24) is 4.90 Å². The Hall–Kier alpha value is -0.480. The first-order valence-electron chi connectivity index (χ1n) is 6.39. The van der Waals surface area contributed by atoms with Crippen LogP contribution < -0.4 is 0 Å². The molecule has 1 aliphatic heterocycles. The Morgan fingerprint density at radius 3 is 2.53 bits per heavy atom. The van der Waals surface area contributed by atoms with Gasteiger partial charge in [0.1, 0.15) is 0 Å². The Morgan fingerprint density at radius 2 is 2.07 bits per heavy atom. The second kappa shape index (κ2) is 7.77. The number of terminal acetylenes is 1. The Bertz CT molecular complexity index is 192. The van der Waals surface area contributed by atoms with Crippen LogP contribution in [0.15, 0.2) is 0 Å². The normalized spacial score (nSPS) is 27.7. The van der Waals surface area contributed by atoms with Gasteiger partial charge in [0.05, 0.1) is 0 Å². The van der Waals surface area contributed by atoms with E-state index in [1.165, 1.54) is 19.4 Å². The largest absolute Gasteiger partial charge is 0.298 e. The zero-order valence-electron chi connectivity index (χ0n) is 11.1. The molecule has 0 N–H and O–H groups in total. The predicted molar refractivity (Wildman–Crippen MR) is 68.8 cm³/mol. The van der Waals surface area contributed by atoms with Crippen LogP contribution in [-0.2, 0) is 0 Å². The lowest BCUT2D eigenvalue weighted by Crippen LogP contribution is -2.37. The Kier molecular flexibility index (Phi) is 7.52. The summed E-state index contributed by atoms with van der Waals surface area (Å²) in [5.74, 6) is 3.53. The molecule has 1 heteroatoms. The maximum absolute atomic E-state index is 5.36. The van der Waals surface area contributed by atoms with E-state index in [0.717, 1.165) is 18.4 Å². The van der Waals surface area contributed by atoms with Gasteiger partial charge in [0.25, 0.3) is 0 Å². The van der Waals surface area contributed by atoms with E-state index in [-0.39, 0.29) is 0 Å². The second-order valence-electron chi connectivity index (χ2n) is 4.19. The molecule has 1 saturated heterocycles. The van der Waals surface area contributed by atoms with Gasteiger partial charge in [0.2, 0.25) is 0 Å². The van der Waals surface area contributed by atoms with Crippen molar-refractivity contribution in [1.29, 1.82) is 0 Å². The first-order chi connectivity index (χ1) is 7.20. The average molecular weight is 209 g/mol. The summed E-state index contributed by atoms with van der Waals surface area (Å²) in [4.78, 5) is 2.60. The summed E-state index contributed by atoms with van der Waals surface area (Å²) in [6, 6.07) is 1.41. The van der Waals surface area contributed by atoms with Crippen molar-refractivity contribution in [3.8, 4) is 12.3 Å². The number of likely N-dealkylation sites (tertiary alicyclic amines) is 1. The molecule has 1 aliphatic rings. The lowest BCUT2D eigenvalue weighted by atomic mass is 9.98. The standard InChI is InChI=1S/C12H21N.C2H6/c1-5-7-12-8-9-13(11(12)4)10(3)6-2;1-2/h1,10-12H,6-9H2,2-4H3;1-2H3. The highest BCUT2D eigenvalue weighted by Gasteiger charge is 2.31. The van der Waals surface area contributed by atoms with Crippen molar-refractivity contribution < 1.29 is 0 Å². The van der Waals surface area contributed by atoms with E-state index in [2.05, 4.69) is 31.6 Å². The van der Waals surface area contributed by atoms with Crippen LogP contribution in [0.5, 0.6) is 0 Å². The zero-order chi connectivity index (χ0) is 11.8. The van der Waals surface area contributed by atoms with Crippen molar-refractivity contribution >= 4 is 0 Å². The molecule has 0 amide bonds. The number of nitrogens with zero attached hydrogens (tertiary/aromatic N) is 1. The van der Waals surface area contributed by atoms with Crippen LogP contribution in [0.3, 0.4) is 0 Å². The molecule has 3 atom stereocenters. The maximum Gasteiger partial charge on any atom is 0.0130 e. The van der Waals surface area contributed by atoms with Crippen molar-refractivity contribution in [2.75, 3.05) is 6.54 Å². The third-order valence-electron chi connectivity index (χ3n) is 3.50. The van der Waals surface area contributed by atoms with E-state index in [0.29, 0.717) is 6.04 Å². The lowest BCUT2D eigenvalue weighted by molar-refractivity contribution is 0.180. The van der Waals surface area contributed by atoms with Gasteiger partial charge in [-0.05, 0) is 39.2 Å². The van der Waals surface area contributed by atoms with Crippen LogP contribution >= 0.6 is 0 Å². The van der Waals surface area contributed by atoms with Crippen molar-refractivity contribution in [2.45, 2.75) is 66.0 Å². The Balaban J connectivity index is 0.000000921. The molecule has 1 fully saturated rings. The van der Waals surface area contributed by atoms with Gasteiger partial charge in [-0.25, -0.2) is 0 Å². The van der Waals surface area contributed by atoms with E-state index < -0.39 is 0 Å². The minimum absolute atomic E-state index is 0.686. The summed E-state index contributed by atoms with van der Waals surface area (Å²) >= 11 is 0. The van der Waals surface area contributed by atoms with E-state index in [9.17, 15) is 0 Å². The molecule has 0 aromatic carbocycles. The first kappa shape index (κ1) is 14.5. The summed E-state index contributed by atoms with van der Waals surface area (Å²) in [6.07, 6.45) is 8.84. The Morgan fingerprint density at radius 1 is 1.47 bits per heavy atom. The molecule has 0 aliphatic carbocycles. The highest BCUT2D eigenvalue weighted by Crippen LogP contribution is 2.28. The summed E-state index contributed by atoms with van der Waals surface area (Å²) in [5, 5.41) is 0. The van der Waals surface area contributed by atoms with Gasteiger partial charge in [0, 0.05) is 18.5 Å². The molecule has 3 unspecified atom stereocenters. The predicted octanol–water partition coefficient (Wildman–Crippen LogP) is 3.54. The van der Waals surface area contributed by atoms with Crippen LogP contribution in [0.4, 0.5) is 0 Å². The molecule has 0 aromatic heterocycles. The molecular formula is C14H27N. The second-order valence-corrected chi connectivity index (χ2v) is 4.19. The summed E-state index contributed by atoms with van der Waals surface area (Å²) in [5.41, 5.74) is 0. The minimum atomic E-state index is 0.686. The van der Waals surface area contributed by atoms with E-state index in [1.807, 2.05) is 13.8 Å². The van der Waals surface area contributed by atoms with Gasteiger partial charge in [-0.15, -0.1) is 12.3 Å². The Labute approximate surface area is 96.2 Å². The van der Waals surface area contributed by atoms with Gasteiger partial charge in [-0.3, -0.25) is 4.90 Å². The molecule has 0 saturated carbocycles. The van der Waals surface area contributed by atoms with E-state index in [4.69, 9.17) is 6.42 Å². The van der Waals surface area contributed by atoms with Crippen LogP contribution in [0.2, 0.25) is 0 Å². The van der Waals surface area contributed by atoms with Gasteiger partial charge in [-0.1, -0.05) is 20.8 Å². The summed E-state index contributed by atoms with van der Waals surface area (Å²) < 4.78 is 0. The minimum Gasteiger partial charge on any atom is -0.298 e. The average Bonchev–Trinajstić information content (AvgIpc) is 2.63. The molecule has 15 heavy (non-hydrogen) atoms. The fourth-order valence-electron chi connectivity index (χ4n) is 2.31. The SMILES string of the molecule is C#CCC1CCN(C(C)CC)C1C.CC. The third kappa shape index (κ3) is 3.87. The lowest BCUT2D eigenvalue weighted by Gasteiger charge is -2.29. The van der Waals surface area contributed by atoms with Gasteiger partial charge < -0.3 is 0 Å². The highest BCUT2D eigenvalue weighted by atomic mass is 15.2. The maximum atomic E-state index is 5.36. The third-order valence-corrected chi connectivity index (χ3v) is 3.50. The van der Waals surface area contributed by atoms with Crippen LogP contribution in [-0.4, -0.2) is 23.5 Å². The van der Waals surface area contributed by atoms with Crippen molar-refractivity contribution in [3.63, 3.8) is 0 Å². The van der Waals surface area contributed by atoms with Gasteiger partial charge >= 0.3 is 0 Å². The quantitative estimate of drug-likeness (QED) is 0.643. The smallest absolute Gasteiger partial charge is 0.0130 e. The molecule has 0 spiro atoms. The number of rotatable bonds is 3. The molecule has 1 heterocycles.